The van der Waals surface area contributed by atoms with Gasteiger partial charge in [-0.05, 0) is 42.5 Å². The molecule has 5 rings (SSSR count). The number of hydrogen-bond acceptors (Lipinski definition) is 4. The number of aromatic nitrogens is 4. The van der Waals surface area contributed by atoms with Crippen LogP contribution in [0, 0.1) is 5.82 Å². The molecule has 0 saturated heterocycles. The second-order valence-electron chi connectivity index (χ2n) is 7.52. The van der Waals surface area contributed by atoms with E-state index < -0.39 is 23.5 Å². The number of nitrogens with one attached hydrogen (secondary N) is 3. The molecule has 12 heteroatoms. The number of fused-ring (bicyclic) bond motifs is 2. The lowest BCUT2D eigenvalue weighted by Crippen LogP contribution is -2.13. The first-order valence-electron chi connectivity index (χ1n) is 10.0. The lowest BCUT2D eigenvalue weighted by atomic mass is 10.1. The normalized spacial score (nSPS) is 11.8. The summed E-state index contributed by atoms with van der Waals surface area (Å²) in [6.07, 6.45) is -4.52. The number of rotatable bonds is 4. The van der Waals surface area contributed by atoms with Crippen LogP contribution < -0.4 is 10.1 Å². The molecule has 0 radical (unpaired) electrons. The molecule has 0 saturated carbocycles. The van der Waals surface area contributed by atoms with E-state index in [1.54, 1.807) is 0 Å². The zero-order valence-corrected chi connectivity index (χ0v) is 18.5. The van der Waals surface area contributed by atoms with Crippen molar-refractivity contribution < 1.29 is 27.1 Å². The molecule has 3 N–H and O–H groups in total. The van der Waals surface area contributed by atoms with Crippen LogP contribution in [0.2, 0.25) is 5.02 Å². The molecule has 0 aliphatic carbocycles. The quantitative estimate of drug-likeness (QED) is 0.255. The molecule has 2 aromatic heterocycles. The highest BCUT2D eigenvalue weighted by atomic mass is 35.5. The van der Waals surface area contributed by atoms with Gasteiger partial charge in [0, 0.05) is 5.56 Å². The van der Waals surface area contributed by atoms with E-state index in [1.165, 1.54) is 43.5 Å². The van der Waals surface area contributed by atoms with Gasteiger partial charge in [0.05, 0.1) is 39.8 Å². The highest BCUT2D eigenvalue weighted by Crippen LogP contribution is 2.34. The number of alkyl halides is 3. The lowest BCUT2D eigenvalue weighted by molar-refractivity contribution is -0.137. The van der Waals surface area contributed by atoms with Gasteiger partial charge in [-0.3, -0.25) is 10.1 Å². The SMILES string of the molecule is COc1cc(C(=O)Nc2nc3cc(C(F)(F)F)ccc3[nH]2)cc2nc(-c3c(F)cccc3Cl)[nH]c12. The monoisotopic (exact) mass is 503 g/mol. The average molecular weight is 504 g/mol. The average Bonchev–Trinajstić information content (AvgIpc) is 3.40. The molecular formula is C23H14ClF4N5O2. The molecule has 2 heterocycles. The molecule has 0 aliphatic heterocycles. The van der Waals surface area contributed by atoms with Crippen LogP contribution in [0.5, 0.6) is 5.75 Å². The number of imidazole rings is 2. The largest absolute Gasteiger partial charge is 0.494 e. The molecule has 0 atom stereocenters. The summed E-state index contributed by atoms with van der Waals surface area (Å²) in [5.74, 6) is -0.819. The van der Waals surface area contributed by atoms with Crippen LogP contribution in [0.1, 0.15) is 15.9 Å². The van der Waals surface area contributed by atoms with Gasteiger partial charge in [-0.25, -0.2) is 14.4 Å². The maximum Gasteiger partial charge on any atom is 0.416 e. The van der Waals surface area contributed by atoms with Crippen molar-refractivity contribution in [2.75, 3.05) is 12.4 Å². The van der Waals surface area contributed by atoms with E-state index in [4.69, 9.17) is 16.3 Å². The highest BCUT2D eigenvalue weighted by Gasteiger charge is 2.30. The third-order valence-electron chi connectivity index (χ3n) is 5.28. The minimum absolute atomic E-state index is 0.0377. The maximum atomic E-state index is 14.4. The predicted molar refractivity (Wildman–Crippen MR) is 122 cm³/mol. The van der Waals surface area contributed by atoms with E-state index in [2.05, 4.69) is 25.3 Å². The first kappa shape index (κ1) is 22.7. The Morgan fingerprint density at radius 3 is 2.57 bits per heavy atom. The Kier molecular flexibility index (Phi) is 5.36. The zero-order chi connectivity index (χ0) is 24.9. The number of amides is 1. The van der Waals surface area contributed by atoms with E-state index in [0.717, 1.165) is 12.1 Å². The standard InChI is InChI=1S/C23H14ClF4N5O2/c1-35-17-8-10(7-16-19(17)32-20(29-16)18-12(24)3-2-4-13(18)25)21(34)33-22-30-14-6-5-11(23(26,27)28)9-15(14)31-22/h2-9H,1H3,(H,29,32)(H2,30,31,33,34). The van der Waals surface area contributed by atoms with Crippen molar-refractivity contribution in [3.8, 4) is 17.1 Å². The van der Waals surface area contributed by atoms with E-state index in [0.29, 0.717) is 16.6 Å². The zero-order valence-electron chi connectivity index (χ0n) is 17.7. The van der Waals surface area contributed by atoms with Crippen LogP contribution in [0.25, 0.3) is 33.5 Å². The Morgan fingerprint density at radius 2 is 1.86 bits per heavy atom. The summed E-state index contributed by atoms with van der Waals surface area (Å²) in [5, 5.41) is 2.67. The van der Waals surface area contributed by atoms with Crippen molar-refractivity contribution in [3.05, 3.63) is 70.5 Å². The minimum atomic E-state index is -4.52. The number of carbonyl (C=O) groups is 1. The smallest absolute Gasteiger partial charge is 0.416 e. The Morgan fingerprint density at radius 1 is 1.06 bits per heavy atom. The summed E-state index contributed by atoms with van der Waals surface area (Å²) in [4.78, 5) is 27.0. The van der Waals surface area contributed by atoms with Gasteiger partial charge in [0.2, 0.25) is 5.95 Å². The van der Waals surface area contributed by atoms with Gasteiger partial charge in [0.25, 0.3) is 5.91 Å². The van der Waals surface area contributed by atoms with Crippen LogP contribution in [-0.4, -0.2) is 33.0 Å². The third-order valence-corrected chi connectivity index (χ3v) is 5.60. The molecule has 0 bridgehead atoms. The summed E-state index contributed by atoms with van der Waals surface area (Å²) >= 11 is 6.14. The van der Waals surface area contributed by atoms with Crippen LogP contribution in [0.4, 0.5) is 23.5 Å². The molecule has 35 heavy (non-hydrogen) atoms. The number of aromatic amines is 2. The molecule has 0 fully saturated rings. The van der Waals surface area contributed by atoms with E-state index in [9.17, 15) is 22.4 Å². The summed E-state index contributed by atoms with van der Waals surface area (Å²) in [7, 11) is 1.39. The first-order chi connectivity index (χ1) is 16.6. The first-order valence-corrected chi connectivity index (χ1v) is 10.4. The molecule has 7 nitrogen and oxygen atoms in total. The topological polar surface area (TPSA) is 95.7 Å². The molecule has 0 unspecified atom stereocenters. The maximum absolute atomic E-state index is 14.4. The summed E-state index contributed by atoms with van der Waals surface area (Å²) in [5.41, 5.74) is 0.434. The van der Waals surface area contributed by atoms with E-state index >= 15 is 0 Å². The van der Waals surface area contributed by atoms with Crippen molar-refractivity contribution in [2.45, 2.75) is 6.18 Å². The van der Waals surface area contributed by atoms with E-state index in [1.807, 2.05) is 0 Å². The Hall–Kier alpha value is -4.12. The van der Waals surface area contributed by atoms with Gasteiger partial charge >= 0.3 is 6.18 Å². The third kappa shape index (κ3) is 4.14. The van der Waals surface area contributed by atoms with Crippen LogP contribution in [0.15, 0.2) is 48.5 Å². The van der Waals surface area contributed by atoms with Crippen molar-refractivity contribution in [1.82, 2.24) is 19.9 Å². The van der Waals surface area contributed by atoms with Crippen molar-refractivity contribution in [3.63, 3.8) is 0 Å². The van der Waals surface area contributed by atoms with Crippen LogP contribution in [-0.2, 0) is 6.18 Å². The molecule has 0 aliphatic rings. The second-order valence-corrected chi connectivity index (χ2v) is 7.93. The van der Waals surface area contributed by atoms with Crippen molar-refractivity contribution in [2.24, 2.45) is 0 Å². The van der Waals surface area contributed by atoms with Crippen molar-refractivity contribution in [1.29, 1.82) is 0 Å². The van der Waals surface area contributed by atoms with Gasteiger partial charge in [-0.1, -0.05) is 17.7 Å². The van der Waals surface area contributed by atoms with Gasteiger partial charge in [0.1, 0.15) is 22.9 Å². The Bertz CT molecular complexity index is 1590. The molecule has 3 aromatic carbocycles. The number of H-pyrrole nitrogens is 2. The van der Waals surface area contributed by atoms with Gasteiger partial charge in [0.15, 0.2) is 0 Å². The number of halogens is 5. The predicted octanol–water partition coefficient (Wildman–Crippen LogP) is 6.18. The number of hydrogen-bond donors (Lipinski definition) is 3. The van der Waals surface area contributed by atoms with Gasteiger partial charge < -0.3 is 14.7 Å². The lowest BCUT2D eigenvalue weighted by Gasteiger charge is -2.06. The summed E-state index contributed by atoms with van der Waals surface area (Å²) in [6.45, 7) is 0. The number of ether oxygens (including phenoxy) is 1. The summed E-state index contributed by atoms with van der Waals surface area (Å²) in [6, 6.07) is 10.2. The minimum Gasteiger partial charge on any atom is -0.494 e. The molecule has 1 amide bonds. The number of carbonyl (C=O) groups excluding carboxylic acids is 1. The fourth-order valence-electron chi connectivity index (χ4n) is 3.64. The molecule has 0 spiro atoms. The number of nitrogens with zero attached hydrogens (tertiary/aromatic N) is 2. The van der Waals surface area contributed by atoms with Crippen LogP contribution >= 0.6 is 11.6 Å². The summed E-state index contributed by atoms with van der Waals surface area (Å²) < 4.78 is 58.6. The Labute approximate surface area is 199 Å². The fourth-order valence-corrected chi connectivity index (χ4v) is 3.89. The fraction of sp³-hybridized carbons (Fsp3) is 0.0870. The van der Waals surface area contributed by atoms with Crippen LogP contribution in [0.3, 0.4) is 0 Å². The highest BCUT2D eigenvalue weighted by molar-refractivity contribution is 6.33. The number of benzene rings is 3. The number of anilines is 1. The molecule has 178 valence electrons. The van der Waals surface area contributed by atoms with E-state index in [-0.39, 0.29) is 39.2 Å². The van der Waals surface area contributed by atoms with Gasteiger partial charge in [-0.15, -0.1) is 0 Å². The van der Waals surface area contributed by atoms with Crippen molar-refractivity contribution >= 4 is 45.5 Å². The number of methoxy groups -OCH3 is 1. The molecule has 5 aromatic rings. The Balaban J connectivity index is 1.49. The second kappa shape index (κ2) is 8.27. The molecular weight excluding hydrogens is 490 g/mol. The van der Waals surface area contributed by atoms with Gasteiger partial charge in [-0.2, -0.15) is 13.2 Å².